The Kier molecular flexibility index (Phi) is 6.11. The van der Waals surface area contributed by atoms with E-state index in [1.165, 1.54) is 22.3 Å². The Morgan fingerprint density at radius 1 is 0.818 bits per heavy atom. The first-order valence-corrected chi connectivity index (χ1v) is 11.5. The minimum atomic E-state index is -0.363. The van der Waals surface area contributed by atoms with Gasteiger partial charge in [0.15, 0.2) is 0 Å². The van der Waals surface area contributed by atoms with Gasteiger partial charge in [-0.25, -0.2) is 4.79 Å². The number of benzene rings is 3. The van der Waals surface area contributed by atoms with E-state index in [2.05, 4.69) is 24.3 Å². The molecule has 3 aromatic rings. The second-order valence-electron chi connectivity index (χ2n) is 8.68. The Hall–Kier alpha value is -3.60. The van der Waals surface area contributed by atoms with E-state index in [0.29, 0.717) is 13.1 Å². The molecule has 0 spiro atoms. The van der Waals surface area contributed by atoms with E-state index in [1.807, 2.05) is 54.6 Å². The molecule has 5 nitrogen and oxygen atoms in total. The number of nitrogens with zero attached hydrogens (tertiary/aromatic N) is 1. The van der Waals surface area contributed by atoms with Crippen molar-refractivity contribution in [2.24, 2.45) is 5.92 Å². The predicted molar refractivity (Wildman–Crippen MR) is 126 cm³/mol. The summed E-state index contributed by atoms with van der Waals surface area (Å²) < 4.78 is 11.3. The number of piperidine rings is 1. The molecule has 0 N–H and O–H groups in total. The molecule has 1 aliphatic carbocycles. The van der Waals surface area contributed by atoms with E-state index >= 15 is 0 Å². The predicted octanol–water partition coefficient (Wildman–Crippen LogP) is 5.39. The van der Waals surface area contributed by atoms with Crippen LogP contribution in [0.25, 0.3) is 11.1 Å². The van der Waals surface area contributed by atoms with E-state index in [4.69, 9.17) is 9.47 Å². The van der Waals surface area contributed by atoms with Gasteiger partial charge in [0, 0.05) is 19.0 Å². The third kappa shape index (κ3) is 4.49. The standard InChI is InChI=1S/C28H27NO4/c30-27(32-18-20-9-2-1-3-10-20)21-11-8-16-29(17-21)28(31)33-19-26-24-14-6-4-12-22(24)23-13-5-7-15-25(23)26/h1-7,9-10,12-15,21,26H,8,11,16-19H2. The van der Waals surface area contributed by atoms with Gasteiger partial charge in [-0.15, -0.1) is 0 Å². The fourth-order valence-corrected chi connectivity index (χ4v) is 4.87. The maximum Gasteiger partial charge on any atom is 0.409 e. The average Bonchev–Trinajstić information content (AvgIpc) is 3.20. The summed E-state index contributed by atoms with van der Waals surface area (Å²) in [7, 11) is 0. The van der Waals surface area contributed by atoms with Crippen LogP contribution in [0.5, 0.6) is 0 Å². The van der Waals surface area contributed by atoms with Crippen molar-refractivity contribution in [3.63, 3.8) is 0 Å². The molecule has 5 heteroatoms. The quantitative estimate of drug-likeness (QED) is 0.498. The number of rotatable bonds is 5. The van der Waals surface area contributed by atoms with Gasteiger partial charge in [0.1, 0.15) is 13.2 Å². The zero-order chi connectivity index (χ0) is 22.6. The molecule has 1 heterocycles. The van der Waals surface area contributed by atoms with Crippen LogP contribution in [0.3, 0.4) is 0 Å². The third-order valence-corrected chi connectivity index (χ3v) is 6.57. The molecule has 1 amide bonds. The number of carbonyl (C=O) groups is 2. The average molecular weight is 442 g/mol. The molecule has 0 saturated carbocycles. The summed E-state index contributed by atoms with van der Waals surface area (Å²) in [4.78, 5) is 27.1. The number of fused-ring (bicyclic) bond motifs is 3. The first kappa shape index (κ1) is 21.3. The summed E-state index contributed by atoms with van der Waals surface area (Å²) in [6.07, 6.45) is 1.12. The molecule has 33 heavy (non-hydrogen) atoms. The maximum absolute atomic E-state index is 12.9. The van der Waals surface area contributed by atoms with E-state index in [9.17, 15) is 9.59 Å². The van der Waals surface area contributed by atoms with Crippen molar-refractivity contribution in [2.45, 2.75) is 25.4 Å². The van der Waals surface area contributed by atoms with Crippen molar-refractivity contribution in [1.82, 2.24) is 4.90 Å². The molecule has 5 rings (SSSR count). The van der Waals surface area contributed by atoms with Gasteiger partial charge in [0.05, 0.1) is 5.92 Å². The van der Waals surface area contributed by atoms with Crippen LogP contribution in [-0.4, -0.2) is 36.7 Å². The van der Waals surface area contributed by atoms with Gasteiger partial charge in [-0.2, -0.15) is 0 Å². The Bertz CT molecular complexity index is 1100. The molecule has 1 atom stereocenters. The summed E-state index contributed by atoms with van der Waals surface area (Å²) in [5.41, 5.74) is 5.73. The van der Waals surface area contributed by atoms with Crippen LogP contribution in [0.2, 0.25) is 0 Å². The summed E-state index contributed by atoms with van der Waals surface area (Å²) in [5, 5.41) is 0. The molecule has 0 radical (unpaired) electrons. The van der Waals surface area contributed by atoms with Crippen LogP contribution in [0.1, 0.15) is 35.4 Å². The Morgan fingerprint density at radius 2 is 1.45 bits per heavy atom. The van der Waals surface area contributed by atoms with Gasteiger partial charge in [-0.3, -0.25) is 4.79 Å². The fraction of sp³-hybridized carbons (Fsp3) is 0.286. The van der Waals surface area contributed by atoms with Gasteiger partial charge in [0.25, 0.3) is 0 Å². The lowest BCUT2D eigenvalue weighted by atomic mass is 9.98. The maximum atomic E-state index is 12.9. The molecule has 1 saturated heterocycles. The molecule has 1 fully saturated rings. The van der Waals surface area contributed by atoms with Crippen LogP contribution in [0.4, 0.5) is 4.79 Å². The van der Waals surface area contributed by atoms with Crippen LogP contribution < -0.4 is 0 Å². The minimum absolute atomic E-state index is 0.0257. The monoisotopic (exact) mass is 441 g/mol. The highest BCUT2D eigenvalue weighted by Crippen LogP contribution is 2.44. The molecule has 1 unspecified atom stereocenters. The first-order chi connectivity index (χ1) is 16.2. The smallest absolute Gasteiger partial charge is 0.409 e. The molecule has 0 bridgehead atoms. The second kappa shape index (κ2) is 9.49. The van der Waals surface area contributed by atoms with Gasteiger partial charge in [-0.05, 0) is 40.7 Å². The van der Waals surface area contributed by atoms with Gasteiger partial charge in [0.2, 0.25) is 0 Å². The number of hydrogen-bond acceptors (Lipinski definition) is 4. The van der Waals surface area contributed by atoms with Gasteiger partial charge < -0.3 is 14.4 Å². The molecule has 3 aromatic carbocycles. The zero-order valence-corrected chi connectivity index (χ0v) is 18.5. The lowest BCUT2D eigenvalue weighted by Crippen LogP contribution is -2.43. The Balaban J connectivity index is 1.19. The normalized spacial score (nSPS) is 17.2. The highest BCUT2D eigenvalue weighted by Gasteiger charge is 2.32. The van der Waals surface area contributed by atoms with E-state index in [0.717, 1.165) is 18.4 Å². The fourth-order valence-electron chi connectivity index (χ4n) is 4.87. The van der Waals surface area contributed by atoms with Crippen LogP contribution in [0, 0.1) is 5.92 Å². The summed E-state index contributed by atoms with van der Waals surface area (Å²) in [6, 6.07) is 26.2. The van der Waals surface area contributed by atoms with Gasteiger partial charge in [-0.1, -0.05) is 78.9 Å². The van der Waals surface area contributed by atoms with Crippen LogP contribution in [-0.2, 0) is 20.9 Å². The van der Waals surface area contributed by atoms with E-state index in [-0.39, 0.29) is 37.1 Å². The molecular formula is C28H27NO4. The van der Waals surface area contributed by atoms with Crippen molar-refractivity contribution >= 4 is 12.1 Å². The van der Waals surface area contributed by atoms with Crippen LogP contribution in [0.15, 0.2) is 78.9 Å². The molecule has 1 aliphatic heterocycles. The van der Waals surface area contributed by atoms with Crippen molar-refractivity contribution in [2.75, 3.05) is 19.7 Å². The number of likely N-dealkylation sites (tertiary alicyclic amines) is 1. The largest absolute Gasteiger partial charge is 0.461 e. The number of esters is 1. The molecule has 0 aromatic heterocycles. The lowest BCUT2D eigenvalue weighted by molar-refractivity contribution is -0.151. The topological polar surface area (TPSA) is 55.8 Å². The molecular weight excluding hydrogens is 414 g/mol. The second-order valence-corrected chi connectivity index (χ2v) is 8.68. The minimum Gasteiger partial charge on any atom is -0.461 e. The van der Waals surface area contributed by atoms with Gasteiger partial charge >= 0.3 is 12.1 Å². The zero-order valence-electron chi connectivity index (χ0n) is 18.5. The molecule has 168 valence electrons. The highest BCUT2D eigenvalue weighted by atomic mass is 16.6. The summed E-state index contributed by atoms with van der Waals surface area (Å²) >= 11 is 0. The number of ether oxygens (including phenoxy) is 2. The van der Waals surface area contributed by atoms with Crippen molar-refractivity contribution in [3.8, 4) is 11.1 Å². The number of carbonyl (C=O) groups excluding carboxylic acids is 2. The Labute approximate surface area is 193 Å². The Morgan fingerprint density at radius 3 is 2.15 bits per heavy atom. The highest BCUT2D eigenvalue weighted by molar-refractivity contribution is 5.79. The number of hydrogen-bond donors (Lipinski definition) is 0. The SMILES string of the molecule is O=C(OCc1ccccc1)C1CCCN(C(=O)OCC2c3ccccc3-c3ccccc32)C1. The van der Waals surface area contributed by atoms with Crippen molar-refractivity contribution < 1.29 is 19.1 Å². The third-order valence-electron chi connectivity index (χ3n) is 6.57. The van der Waals surface area contributed by atoms with Crippen molar-refractivity contribution in [3.05, 3.63) is 95.6 Å². The summed E-state index contributed by atoms with van der Waals surface area (Å²) in [5.74, 6) is -0.546. The lowest BCUT2D eigenvalue weighted by Gasteiger charge is -2.31. The van der Waals surface area contributed by atoms with Crippen molar-refractivity contribution in [1.29, 1.82) is 0 Å². The van der Waals surface area contributed by atoms with E-state index in [1.54, 1.807) is 4.90 Å². The molecule has 2 aliphatic rings. The summed E-state index contributed by atoms with van der Waals surface area (Å²) in [6.45, 7) is 1.47. The van der Waals surface area contributed by atoms with E-state index < -0.39 is 0 Å². The van der Waals surface area contributed by atoms with Crippen LogP contribution >= 0.6 is 0 Å². The first-order valence-electron chi connectivity index (χ1n) is 11.5. The number of amides is 1.